The molecule has 0 spiro atoms. The predicted octanol–water partition coefficient (Wildman–Crippen LogP) is 5.17. The summed E-state index contributed by atoms with van der Waals surface area (Å²) in [6, 6.07) is 14.2. The van der Waals surface area contributed by atoms with Gasteiger partial charge in [0.25, 0.3) is 0 Å². The number of para-hydroxylation sites is 1. The first-order chi connectivity index (χ1) is 14.1. The summed E-state index contributed by atoms with van der Waals surface area (Å²) in [4.78, 5) is 16.9. The van der Waals surface area contributed by atoms with Gasteiger partial charge in [-0.2, -0.15) is 4.98 Å². The van der Waals surface area contributed by atoms with Crippen LogP contribution in [-0.4, -0.2) is 52.8 Å². The molecule has 0 radical (unpaired) electrons. The number of thiophene rings is 1. The molecule has 0 amide bonds. The molecule has 0 N–H and O–H groups in total. The Morgan fingerprint density at radius 2 is 1.97 bits per heavy atom. The number of aliphatic imine (C=N–C) groups is 1. The highest BCUT2D eigenvalue weighted by molar-refractivity contribution is 7.12. The zero-order valence-electron chi connectivity index (χ0n) is 16.4. The molecule has 3 aromatic heterocycles. The van der Waals surface area contributed by atoms with Gasteiger partial charge in [0.15, 0.2) is 0 Å². The smallest absolute Gasteiger partial charge is 0.224 e. The van der Waals surface area contributed by atoms with E-state index in [-0.39, 0.29) is 5.28 Å². The lowest BCUT2D eigenvalue weighted by Gasteiger charge is -2.07. The largest absolute Gasteiger partial charge is 0.309 e. The molecule has 0 saturated heterocycles. The van der Waals surface area contributed by atoms with Gasteiger partial charge >= 0.3 is 0 Å². The molecule has 0 fully saturated rings. The summed E-state index contributed by atoms with van der Waals surface area (Å²) in [5.74, 6) is 0. The summed E-state index contributed by atoms with van der Waals surface area (Å²) >= 11 is 7.97. The van der Waals surface area contributed by atoms with E-state index in [1.54, 1.807) is 11.3 Å². The van der Waals surface area contributed by atoms with E-state index in [1.165, 1.54) is 0 Å². The molecular formula is C22H22ClN5S. The van der Waals surface area contributed by atoms with Gasteiger partial charge in [0.1, 0.15) is 5.65 Å². The quantitative estimate of drug-likeness (QED) is 0.234. The summed E-state index contributed by atoms with van der Waals surface area (Å²) < 4.78 is 2.04. The molecule has 0 aliphatic carbocycles. The van der Waals surface area contributed by atoms with E-state index in [1.807, 2.05) is 53.4 Å². The zero-order valence-corrected chi connectivity index (χ0v) is 18.0. The fourth-order valence-corrected chi connectivity index (χ4v) is 4.17. The van der Waals surface area contributed by atoms with Crippen LogP contribution in [0.5, 0.6) is 0 Å². The number of rotatable bonds is 7. The van der Waals surface area contributed by atoms with Gasteiger partial charge < -0.3 is 9.47 Å². The molecule has 4 aromatic rings. The number of fused-ring (bicyclic) bond motifs is 1. The van der Waals surface area contributed by atoms with Crippen LogP contribution >= 0.6 is 22.9 Å². The van der Waals surface area contributed by atoms with Gasteiger partial charge in [0.05, 0.1) is 10.6 Å². The Morgan fingerprint density at radius 3 is 2.76 bits per heavy atom. The van der Waals surface area contributed by atoms with Crippen molar-refractivity contribution in [1.29, 1.82) is 0 Å². The summed E-state index contributed by atoms with van der Waals surface area (Å²) in [5, 5.41) is 3.27. The van der Waals surface area contributed by atoms with E-state index < -0.39 is 0 Å². The van der Waals surface area contributed by atoms with E-state index in [2.05, 4.69) is 45.4 Å². The molecule has 1 aromatic carbocycles. The van der Waals surface area contributed by atoms with Crippen molar-refractivity contribution in [3.05, 3.63) is 64.2 Å². The van der Waals surface area contributed by atoms with Crippen molar-refractivity contribution in [3.8, 4) is 16.9 Å². The van der Waals surface area contributed by atoms with E-state index in [4.69, 9.17) is 11.6 Å². The molecule has 0 unspecified atom stereocenters. The van der Waals surface area contributed by atoms with Gasteiger partial charge in [-0.05, 0) is 68.3 Å². The second-order valence-electron chi connectivity index (χ2n) is 6.99. The fraction of sp³-hybridized carbons (Fsp3) is 0.227. The number of hydrogen-bond acceptors (Lipinski definition) is 5. The minimum atomic E-state index is 0.239. The third kappa shape index (κ3) is 4.40. The summed E-state index contributed by atoms with van der Waals surface area (Å²) in [6.07, 6.45) is 5.00. The van der Waals surface area contributed by atoms with Crippen molar-refractivity contribution < 1.29 is 0 Å². The molecule has 0 aliphatic rings. The number of halogens is 1. The predicted molar refractivity (Wildman–Crippen MR) is 123 cm³/mol. The monoisotopic (exact) mass is 423 g/mol. The Bertz CT molecular complexity index is 1130. The normalized spacial score (nSPS) is 11.9. The van der Waals surface area contributed by atoms with E-state index in [0.29, 0.717) is 0 Å². The third-order valence-corrected chi connectivity index (χ3v) is 5.62. The van der Waals surface area contributed by atoms with Crippen molar-refractivity contribution in [2.75, 3.05) is 27.2 Å². The van der Waals surface area contributed by atoms with Gasteiger partial charge in [-0.1, -0.05) is 18.2 Å². The molecule has 0 saturated carbocycles. The molecule has 7 heteroatoms. The topological polar surface area (TPSA) is 46.3 Å². The third-order valence-electron chi connectivity index (χ3n) is 4.60. The molecule has 0 bridgehead atoms. The van der Waals surface area contributed by atoms with Gasteiger partial charge in [-0.25, -0.2) is 4.98 Å². The fourth-order valence-electron chi connectivity index (χ4n) is 3.23. The second kappa shape index (κ2) is 8.86. The Kier molecular flexibility index (Phi) is 6.04. The van der Waals surface area contributed by atoms with Crippen LogP contribution in [0.2, 0.25) is 5.28 Å². The highest BCUT2D eigenvalue weighted by atomic mass is 35.5. The molecule has 0 atom stereocenters. The lowest BCUT2D eigenvalue weighted by atomic mass is 10.1. The number of aromatic nitrogens is 3. The van der Waals surface area contributed by atoms with Crippen LogP contribution in [0.1, 0.15) is 11.3 Å². The summed E-state index contributed by atoms with van der Waals surface area (Å²) in [5.41, 5.74) is 3.71. The standard InChI is InChI=1S/C22H22ClN5S/c1-27(2)12-6-11-24-15-19-17(10-14-29-19)20-18-9-13-28(16-7-4-3-5-8-16)21(18)26-22(23)25-20/h3-5,7-10,13-15H,6,11-12H2,1-2H3/b24-15+. The first kappa shape index (κ1) is 19.8. The Morgan fingerprint density at radius 1 is 1.14 bits per heavy atom. The second-order valence-corrected chi connectivity index (χ2v) is 8.28. The van der Waals surface area contributed by atoms with Crippen LogP contribution < -0.4 is 0 Å². The number of benzene rings is 1. The highest BCUT2D eigenvalue weighted by Gasteiger charge is 2.16. The maximum Gasteiger partial charge on any atom is 0.224 e. The Hall–Kier alpha value is -2.54. The van der Waals surface area contributed by atoms with Crippen LogP contribution in [-0.2, 0) is 0 Å². The average Bonchev–Trinajstić information content (AvgIpc) is 3.34. The van der Waals surface area contributed by atoms with Gasteiger partial charge in [0.2, 0.25) is 5.28 Å². The minimum absolute atomic E-state index is 0.239. The maximum absolute atomic E-state index is 6.31. The first-order valence-corrected chi connectivity index (χ1v) is 10.7. The molecule has 29 heavy (non-hydrogen) atoms. The highest BCUT2D eigenvalue weighted by Crippen LogP contribution is 2.33. The number of nitrogens with zero attached hydrogens (tertiary/aromatic N) is 5. The van der Waals surface area contributed by atoms with Crippen LogP contribution in [0.25, 0.3) is 28.0 Å². The number of hydrogen-bond donors (Lipinski definition) is 0. The van der Waals surface area contributed by atoms with Crippen molar-refractivity contribution in [2.45, 2.75) is 6.42 Å². The molecular weight excluding hydrogens is 402 g/mol. The van der Waals surface area contributed by atoms with Crippen molar-refractivity contribution in [3.63, 3.8) is 0 Å². The van der Waals surface area contributed by atoms with E-state index in [9.17, 15) is 0 Å². The first-order valence-electron chi connectivity index (χ1n) is 9.46. The Labute approximate surface area is 179 Å². The maximum atomic E-state index is 6.31. The minimum Gasteiger partial charge on any atom is -0.309 e. The van der Waals surface area contributed by atoms with Crippen LogP contribution in [0.4, 0.5) is 0 Å². The van der Waals surface area contributed by atoms with Gasteiger partial charge in [-0.3, -0.25) is 4.99 Å². The van der Waals surface area contributed by atoms with Gasteiger partial charge in [0, 0.05) is 35.6 Å². The lowest BCUT2D eigenvalue weighted by molar-refractivity contribution is 0.403. The van der Waals surface area contributed by atoms with Crippen molar-refractivity contribution >= 4 is 40.2 Å². The molecule has 148 valence electrons. The van der Waals surface area contributed by atoms with Gasteiger partial charge in [-0.15, -0.1) is 11.3 Å². The van der Waals surface area contributed by atoms with E-state index in [0.717, 1.165) is 52.4 Å². The van der Waals surface area contributed by atoms with Crippen molar-refractivity contribution in [1.82, 2.24) is 19.4 Å². The lowest BCUT2D eigenvalue weighted by Crippen LogP contribution is -2.13. The van der Waals surface area contributed by atoms with E-state index >= 15 is 0 Å². The average molecular weight is 424 g/mol. The Balaban J connectivity index is 1.70. The molecule has 4 rings (SSSR count). The van der Waals surface area contributed by atoms with Crippen LogP contribution in [0, 0.1) is 0 Å². The zero-order chi connectivity index (χ0) is 20.2. The molecule has 0 aliphatic heterocycles. The molecule has 5 nitrogen and oxygen atoms in total. The molecule has 3 heterocycles. The van der Waals surface area contributed by atoms with Crippen LogP contribution in [0.15, 0.2) is 59.0 Å². The summed E-state index contributed by atoms with van der Waals surface area (Å²) in [6.45, 7) is 1.84. The SMILES string of the molecule is CN(C)CCC/N=C/c1sccc1-c1nc(Cl)nc2c1ccn2-c1ccccc1. The summed E-state index contributed by atoms with van der Waals surface area (Å²) in [7, 11) is 4.15. The van der Waals surface area contributed by atoms with Crippen molar-refractivity contribution in [2.24, 2.45) is 4.99 Å². The van der Waals surface area contributed by atoms with Crippen LogP contribution in [0.3, 0.4) is 0 Å².